The van der Waals surface area contributed by atoms with Gasteiger partial charge in [-0.15, -0.1) is 21.5 Å². The highest BCUT2D eigenvalue weighted by atomic mass is 32.2. The first-order chi connectivity index (χ1) is 8.74. The summed E-state index contributed by atoms with van der Waals surface area (Å²) < 4.78 is 5.16. The highest BCUT2D eigenvalue weighted by Crippen LogP contribution is 2.14. The van der Waals surface area contributed by atoms with E-state index in [4.69, 9.17) is 4.42 Å². The molecule has 0 saturated carbocycles. The van der Waals surface area contributed by atoms with Crippen LogP contribution in [0.25, 0.3) is 0 Å². The molecule has 0 bridgehead atoms. The molecule has 7 heteroatoms. The Bertz CT molecular complexity index is 496. The molecule has 2 heterocycles. The van der Waals surface area contributed by atoms with Crippen molar-refractivity contribution in [3.63, 3.8) is 0 Å². The number of carbonyl (C=O) groups is 1. The maximum atomic E-state index is 11.5. The summed E-state index contributed by atoms with van der Waals surface area (Å²) in [6, 6.07) is 4.07. The molecular formula is C11H13N3O2S2. The minimum Gasteiger partial charge on any atom is -0.416 e. The zero-order valence-electron chi connectivity index (χ0n) is 9.88. The van der Waals surface area contributed by atoms with Gasteiger partial charge in [0.2, 0.25) is 11.8 Å². The Balaban J connectivity index is 1.63. The van der Waals surface area contributed by atoms with E-state index in [0.717, 1.165) is 6.42 Å². The zero-order valence-corrected chi connectivity index (χ0v) is 11.5. The summed E-state index contributed by atoms with van der Waals surface area (Å²) in [5, 5.41) is 12.8. The number of thioether (sulfide) groups is 1. The van der Waals surface area contributed by atoms with E-state index in [0.29, 0.717) is 23.4 Å². The quantitative estimate of drug-likeness (QED) is 0.820. The van der Waals surface area contributed by atoms with Gasteiger partial charge in [0.1, 0.15) is 0 Å². The zero-order chi connectivity index (χ0) is 12.8. The van der Waals surface area contributed by atoms with Crippen molar-refractivity contribution in [2.24, 2.45) is 0 Å². The van der Waals surface area contributed by atoms with E-state index in [1.807, 2.05) is 11.4 Å². The third-order valence-corrected chi connectivity index (χ3v) is 3.86. The fraction of sp³-hybridized carbons (Fsp3) is 0.364. The van der Waals surface area contributed by atoms with Crippen molar-refractivity contribution in [2.75, 3.05) is 12.3 Å². The van der Waals surface area contributed by atoms with E-state index in [1.54, 1.807) is 18.3 Å². The van der Waals surface area contributed by atoms with Crippen molar-refractivity contribution in [2.45, 2.75) is 18.6 Å². The largest absolute Gasteiger partial charge is 0.416 e. The molecule has 0 aliphatic carbocycles. The van der Waals surface area contributed by atoms with Crippen LogP contribution in [0, 0.1) is 6.92 Å². The number of thiophene rings is 1. The molecule has 0 radical (unpaired) electrons. The van der Waals surface area contributed by atoms with Gasteiger partial charge in [0.15, 0.2) is 0 Å². The van der Waals surface area contributed by atoms with Crippen LogP contribution in [0.3, 0.4) is 0 Å². The standard InChI is InChI=1S/C11H13N3O2S2/c1-8-13-14-11(16-8)18-7-10(15)12-5-4-9-3-2-6-17-9/h2-3,6H,4-5,7H2,1H3,(H,12,15). The average Bonchev–Trinajstić information content (AvgIpc) is 2.98. The van der Waals surface area contributed by atoms with E-state index in [9.17, 15) is 4.79 Å². The van der Waals surface area contributed by atoms with Gasteiger partial charge in [-0.05, 0) is 17.9 Å². The lowest BCUT2D eigenvalue weighted by Gasteiger charge is -2.02. The van der Waals surface area contributed by atoms with Crippen LogP contribution in [0.5, 0.6) is 0 Å². The van der Waals surface area contributed by atoms with Crippen molar-refractivity contribution in [1.29, 1.82) is 0 Å². The predicted molar refractivity (Wildman–Crippen MR) is 70.8 cm³/mol. The average molecular weight is 283 g/mol. The van der Waals surface area contributed by atoms with E-state index < -0.39 is 0 Å². The molecule has 1 amide bonds. The fourth-order valence-electron chi connectivity index (χ4n) is 1.30. The van der Waals surface area contributed by atoms with Crippen LogP contribution in [0.2, 0.25) is 0 Å². The SMILES string of the molecule is Cc1nnc(SCC(=O)NCCc2cccs2)o1. The Kier molecular flexibility index (Phi) is 4.77. The number of hydrogen-bond donors (Lipinski definition) is 1. The molecule has 2 rings (SSSR count). The van der Waals surface area contributed by atoms with E-state index >= 15 is 0 Å². The third-order valence-electron chi connectivity index (χ3n) is 2.11. The monoisotopic (exact) mass is 283 g/mol. The van der Waals surface area contributed by atoms with Crippen molar-refractivity contribution in [1.82, 2.24) is 15.5 Å². The Morgan fingerprint density at radius 1 is 1.56 bits per heavy atom. The lowest BCUT2D eigenvalue weighted by atomic mass is 10.3. The lowest BCUT2D eigenvalue weighted by molar-refractivity contribution is -0.118. The Morgan fingerprint density at radius 3 is 3.11 bits per heavy atom. The van der Waals surface area contributed by atoms with Gasteiger partial charge < -0.3 is 9.73 Å². The second-order valence-corrected chi connectivity index (χ2v) is 5.51. The minimum atomic E-state index is -0.0209. The smallest absolute Gasteiger partial charge is 0.277 e. The van der Waals surface area contributed by atoms with Gasteiger partial charge in [-0.3, -0.25) is 4.79 Å². The van der Waals surface area contributed by atoms with Gasteiger partial charge in [-0.2, -0.15) is 0 Å². The molecule has 0 aliphatic rings. The molecule has 2 aromatic rings. The summed E-state index contributed by atoms with van der Waals surface area (Å²) in [5.41, 5.74) is 0. The number of aromatic nitrogens is 2. The first kappa shape index (κ1) is 13.1. The molecule has 0 spiro atoms. The highest BCUT2D eigenvalue weighted by molar-refractivity contribution is 7.99. The molecule has 0 fully saturated rings. The topological polar surface area (TPSA) is 68.0 Å². The second-order valence-electron chi connectivity index (χ2n) is 3.55. The summed E-state index contributed by atoms with van der Waals surface area (Å²) in [6.07, 6.45) is 0.869. The Hall–Kier alpha value is -1.34. The molecule has 0 aliphatic heterocycles. The van der Waals surface area contributed by atoms with Gasteiger partial charge in [0.05, 0.1) is 5.75 Å². The van der Waals surface area contributed by atoms with Gasteiger partial charge >= 0.3 is 0 Å². The Labute approximate surface area is 113 Å². The number of rotatable bonds is 6. The predicted octanol–water partition coefficient (Wildman–Crippen LogP) is 1.89. The van der Waals surface area contributed by atoms with Crippen LogP contribution < -0.4 is 5.32 Å². The number of hydrogen-bond acceptors (Lipinski definition) is 6. The molecule has 0 aromatic carbocycles. The van der Waals surface area contributed by atoms with Crippen LogP contribution in [0.4, 0.5) is 0 Å². The van der Waals surface area contributed by atoms with Crippen molar-refractivity contribution in [3.05, 3.63) is 28.3 Å². The van der Waals surface area contributed by atoms with Gasteiger partial charge in [-0.25, -0.2) is 0 Å². The number of carbonyl (C=O) groups excluding carboxylic acids is 1. The van der Waals surface area contributed by atoms with Crippen LogP contribution in [0.1, 0.15) is 10.8 Å². The number of nitrogens with one attached hydrogen (secondary N) is 1. The molecule has 0 unspecified atom stereocenters. The summed E-state index contributed by atoms with van der Waals surface area (Å²) in [7, 11) is 0. The van der Waals surface area contributed by atoms with E-state index in [-0.39, 0.29) is 5.91 Å². The normalized spacial score (nSPS) is 10.5. The maximum absolute atomic E-state index is 11.5. The van der Waals surface area contributed by atoms with Gasteiger partial charge in [0, 0.05) is 18.3 Å². The molecular weight excluding hydrogens is 270 g/mol. The summed E-state index contributed by atoms with van der Waals surface area (Å²) in [5.74, 6) is 0.787. The highest BCUT2D eigenvalue weighted by Gasteiger charge is 2.07. The lowest BCUT2D eigenvalue weighted by Crippen LogP contribution is -2.27. The summed E-state index contributed by atoms with van der Waals surface area (Å²) >= 11 is 2.95. The van der Waals surface area contributed by atoms with Gasteiger partial charge in [-0.1, -0.05) is 17.8 Å². The number of aryl methyl sites for hydroxylation is 1. The number of nitrogens with zero attached hydrogens (tertiary/aromatic N) is 2. The van der Waals surface area contributed by atoms with Crippen LogP contribution in [-0.2, 0) is 11.2 Å². The third kappa shape index (κ3) is 4.15. The van der Waals surface area contributed by atoms with Crippen molar-refractivity contribution < 1.29 is 9.21 Å². The molecule has 2 aromatic heterocycles. The number of amides is 1. The van der Waals surface area contributed by atoms with Gasteiger partial charge in [0.25, 0.3) is 5.22 Å². The van der Waals surface area contributed by atoms with Crippen LogP contribution in [-0.4, -0.2) is 28.4 Å². The summed E-state index contributed by atoms with van der Waals surface area (Å²) in [4.78, 5) is 12.8. The molecule has 96 valence electrons. The summed E-state index contributed by atoms with van der Waals surface area (Å²) in [6.45, 7) is 2.38. The van der Waals surface area contributed by atoms with E-state index in [1.165, 1.54) is 16.6 Å². The minimum absolute atomic E-state index is 0.0209. The first-order valence-corrected chi connectivity index (χ1v) is 7.32. The molecule has 1 N–H and O–H groups in total. The second kappa shape index (κ2) is 6.55. The molecule has 0 atom stereocenters. The van der Waals surface area contributed by atoms with E-state index in [2.05, 4.69) is 21.6 Å². The van der Waals surface area contributed by atoms with Crippen molar-refractivity contribution in [3.8, 4) is 0 Å². The van der Waals surface area contributed by atoms with Crippen LogP contribution in [0.15, 0.2) is 27.2 Å². The first-order valence-electron chi connectivity index (χ1n) is 5.46. The molecule has 18 heavy (non-hydrogen) atoms. The van der Waals surface area contributed by atoms with Crippen LogP contribution >= 0.6 is 23.1 Å². The maximum Gasteiger partial charge on any atom is 0.277 e. The molecule has 0 saturated heterocycles. The molecule has 5 nitrogen and oxygen atoms in total. The van der Waals surface area contributed by atoms with Crippen molar-refractivity contribution >= 4 is 29.0 Å². The Morgan fingerprint density at radius 2 is 2.44 bits per heavy atom. The fourth-order valence-corrected chi connectivity index (χ4v) is 2.64.